The zero-order valence-corrected chi connectivity index (χ0v) is 15.2. The van der Waals surface area contributed by atoms with Crippen LogP contribution in [0.1, 0.15) is 27.6 Å². The van der Waals surface area contributed by atoms with Gasteiger partial charge in [-0.05, 0) is 41.5 Å². The molecule has 0 fully saturated rings. The summed E-state index contributed by atoms with van der Waals surface area (Å²) in [5.74, 6) is -1.67. The maximum Gasteiger partial charge on any atom is 0.343 e. The van der Waals surface area contributed by atoms with Crippen molar-refractivity contribution in [3.8, 4) is 5.75 Å². The molecule has 146 valence electrons. The zero-order chi connectivity index (χ0) is 20.6. The summed E-state index contributed by atoms with van der Waals surface area (Å²) in [5, 5.41) is 13.8. The highest BCUT2D eigenvalue weighted by Gasteiger charge is 2.16. The van der Waals surface area contributed by atoms with Crippen LogP contribution in [0.4, 0.5) is 4.39 Å². The first-order chi connectivity index (χ1) is 14.0. The lowest BCUT2D eigenvalue weighted by Gasteiger charge is -2.08. The highest BCUT2D eigenvalue weighted by molar-refractivity contribution is 5.91. The summed E-state index contributed by atoms with van der Waals surface area (Å²) in [6.45, 7) is 0. The Bertz CT molecular complexity index is 1040. The fourth-order valence-corrected chi connectivity index (χ4v) is 2.46. The molecule has 0 saturated carbocycles. The molecular formula is C22H17FN2O4. The van der Waals surface area contributed by atoms with Gasteiger partial charge in [-0.25, -0.2) is 14.6 Å². The Morgan fingerprint density at radius 2 is 1.76 bits per heavy atom. The van der Waals surface area contributed by atoms with Crippen molar-refractivity contribution in [2.24, 2.45) is 5.10 Å². The number of hydrazone groups is 1. The van der Waals surface area contributed by atoms with E-state index in [9.17, 15) is 19.1 Å². The fourth-order valence-electron chi connectivity index (χ4n) is 2.46. The van der Waals surface area contributed by atoms with Gasteiger partial charge in [0.2, 0.25) is 0 Å². The molecule has 29 heavy (non-hydrogen) atoms. The van der Waals surface area contributed by atoms with Gasteiger partial charge in [-0.3, -0.25) is 4.79 Å². The molecule has 0 heterocycles. The fraction of sp³-hybridized carbons (Fsp3) is 0.0455. The molecule has 3 aromatic rings. The highest BCUT2D eigenvalue weighted by atomic mass is 19.1. The second-order valence-electron chi connectivity index (χ2n) is 6.02. The predicted molar refractivity (Wildman–Crippen MR) is 105 cm³/mol. The number of hydrogen-bond acceptors (Lipinski definition) is 5. The minimum Gasteiger partial charge on any atom is -0.423 e. The molecule has 0 aromatic heterocycles. The average molecular weight is 392 g/mol. The van der Waals surface area contributed by atoms with Crippen LogP contribution in [0.3, 0.4) is 0 Å². The highest BCUT2D eigenvalue weighted by Crippen LogP contribution is 2.15. The van der Waals surface area contributed by atoms with E-state index in [-0.39, 0.29) is 11.3 Å². The van der Waals surface area contributed by atoms with Crippen molar-refractivity contribution in [3.63, 3.8) is 0 Å². The third-order valence-electron chi connectivity index (χ3n) is 3.88. The summed E-state index contributed by atoms with van der Waals surface area (Å²) in [6, 6.07) is 20.1. The molecule has 3 aromatic carbocycles. The molecule has 0 aliphatic rings. The van der Waals surface area contributed by atoms with E-state index in [1.807, 2.05) is 0 Å². The summed E-state index contributed by atoms with van der Waals surface area (Å²) in [4.78, 5) is 24.0. The molecule has 7 heteroatoms. The van der Waals surface area contributed by atoms with Crippen molar-refractivity contribution in [1.29, 1.82) is 0 Å². The molecule has 0 bridgehead atoms. The van der Waals surface area contributed by atoms with Gasteiger partial charge in [0.05, 0.1) is 11.8 Å². The summed E-state index contributed by atoms with van der Waals surface area (Å²) >= 11 is 0. The largest absolute Gasteiger partial charge is 0.423 e. The molecule has 0 spiro atoms. The average Bonchev–Trinajstić information content (AvgIpc) is 2.74. The summed E-state index contributed by atoms with van der Waals surface area (Å²) in [6.07, 6.45) is 0.00157. The molecule has 0 aliphatic carbocycles. The van der Waals surface area contributed by atoms with E-state index in [0.29, 0.717) is 11.1 Å². The van der Waals surface area contributed by atoms with Gasteiger partial charge in [0.15, 0.2) is 6.10 Å². The first kappa shape index (κ1) is 19.9. The normalized spacial score (nSPS) is 11.8. The third kappa shape index (κ3) is 5.57. The minimum absolute atomic E-state index is 0.0891. The number of esters is 1. The van der Waals surface area contributed by atoms with Crippen LogP contribution >= 0.6 is 0 Å². The Balaban J connectivity index is 1.60. The van der Waals surface area contributed by atoms with Crippen molar-refractivity contribution < 1.29 is 23.8 Å². The molecule has 1 unspecified atom stereocenters. The molecule has 0 radical (unpaired) electrons. The van der Waals surface area contributed by atoms with Gasteiger partial charge >= 0.3 is 5.97 Å². The number of nitrogens with one attached hydrogen (secondary N) is 1. The van der Waals surface area contributed by atoms with Crippen LogP contribution in [0.25, 0.3) is 0 Å². The number of aliphatic hydroxyl groups is 1. The smallest absolute Gasteiger partial charge is 0.343 e. The lowest BCUT2D eigenvalue weighted by molar-refractivity contribution is -0.129. The molecule has 2 N–H and O–H groups in total. The number of amides is 1. The summed E-state index contributed by atoms with van der Waals surface area (Å²) in [5.41, 5.74) is 3.34. The van der Waals surface area contributed by atoms with Crippen LogP contribution in [-0.2, 0) is 4.79 Å². The topological polar surface area (TPSA) is 88.0 Å². The Hall–Kier alpha value is -3.84. The van der Waals surface area contributed by atoms with Crippen molar-refractivity contribution in [3.05, 3.63) is 101 Å². The lowest BCUT2D eigenvalue weighted by Crippen LogP contribution is -2.25. The number of nitrogens with zero attached hydrogens (tertiary/aromatic N) is 1. The zero-order valence-electron chi connectivity index (χ0n) is 15.2. The Morgan fingerprint density at radius 1 is 1.00 bits per heavy atom. The standard InChI is InChI=1S/C22H17FN2O4/c23-18-10-5-9-17(13-18)22(28)29-19-11-4-6-15(12-19)14-24-25-21(27)20(26)16-7-2-1-3-8-16/h1-14,20,26H,(H,25,27). The molecule has 1 amide bonds. The van der Waals surface area contributed by atoms with Crippen molar-refractivity contribution in [1.82, 2.24) is 5.43 Å². The van der Waals surface area contributed by atoms with E-state index in [1.165, 1.54) is 30.5 Å². The number of aliphatic hydroxyl groups excluding tert-OH is 1. The number of halogens is 1. The third-order valence-corrected chi connectivity index (χ3v) is 3.88. The number of ether oxygens (including phenoxy) is 1. The summed E-state index contributed by atoms with van der Waals surface area (Å²) < 4.78 is 18.4. The molecule has 3 rings (SSSR count). The number of benzene rings is 3. The minimum atomic E-state index is -1.34. The van der Waals surface area contributed by atoms with Crippen molar-refractivity contribution in [2.75, 3.05) is 0 Å². The molecule has 6 nitrogen and oxygen atoms in total. The Kier molecular flexibility index (Phi) is 6.44. The van der Waals surface area contributed by atoms with Gasteiger partial charge in [0.25, 0.3) is 5.91 Å². The maximum absolute atomic E-state index is 13.2. The van der Waals surface area contributed by atoms with Crippen LogP contribution in [0, 0.1) is 5.82 Å². The molecule has 0 aliphatic heterocycles. The van der Waals surface area contributed by atoms with Gasteiger partial charge in [-0.1, -0.05) is 48.5 Å². The first-order valence-corrected chi connectivity index (χ1v) is 8.66. The van der Waals surface area contributed by atoms with Crippen LogP contribution < -0.4 is 10.2 Å². The van der Waals surface area contributed by atoms with Crippen molar-refractivity contribution >= 4 is 18.1 Å². The van der Waals surface area contributed by atoms with Crippen molar-refractivity contribution in [2.45, 2.75) is 6.10 Å². The predicted octanol–water partition coefficient (Wildman–Crippen LogP) is 3.23. The van der Waals surface area contributed by atoms with E-state index in [2.05, 4.69) is 10.5 Å². The maximum atomic E-state index is 13.2. The van der Waals surface area contributed by atoms with E-state index >= 15 is 0 Å². The second-order valence-corrected chi connectivity index (χ2v) is 6.02. The number of carbonyl (C=O) groups excluding carboxylic acids is 2. The van der Waals surface area contributed by atoms with E-state index < -0.39 is 23.8 Å². The Labute approximate surface area is 166 Å². The van der Waals surface area contributed by atoms with E-state index in [4.69, 9.17) is 4.74 Å². The van der Waals surface area contributed by atoms with Gasteiger partial charge in [-0.2, -0.15) is 5.10 Å². The van der Waals surface area contributed by atoms with Crippen LogP contribution in [0.5, 0.6) is 5.75 Å². The van der Waals surface area contributed by atoms with Gasteiger partial charge in [-0.15, -0.1) is 0 Å². The van der Waals surface area contributed by atoms with Crippen LogP contribution in [-0.4, -0.2) is 23.2 Å². The summed E-state index contributed by atoms with van der Waals surface area (Å²) in [7, 11) is 0. The van der Waals surface area contributed by atoms with Gasteiger partial charge < -0.3 is 9.84 Å². The molecule has 1 atom stereocenters. The van der Waals surface area contributed by atoms with E-state index in [1.54, 1.807) is 48.5 Å². The quantitative estimate of drug-likeness (QED) is 0.292. The first-order valence-electron chi connectivity index (χ1n) is 8.66. The van der Waals surface area contributed by atoms with Gasteiger partial charge in [0.1, 0.15) is 11.6 Å². The van der Waals surface area contributed by atoms with E-state index in [0.717, 1.165) is 6.07 Å². The molecule has 0 saturated heterocycles. The second kappa shape index (κ2) is 9.38. The Morgan fingerprint density at radius 3 is 2.52 bits per heavy atom. The number of rotatable bonds is 6. The number of hydrogen-bond donors (Lipinski definition) is 2. The van der Waals surface area contributed by atoms with Crippen LogP contribution in [0.15, 0.2) is 84.0 Å². The van der Waals surface area contributed by atoms with Gasteiger partial charge in [0, 0.05) is 0 Å². The SMILES string of the molecule is O=C(Oc1cccc(C=NNC(=O)C(O)c2ccccc2)c1)c1cccc(F)c1. The number of carbonyl (C=O) groups is 2. The lowest BCUT2D eigenvalue weighted by atomic mass is 10.1. The molecular weight excluding hydrogens is 375 g/mol. The monoisotopic (exact) mass is 392 g/mol. The van der Waals surface area contributed by atoms with Crippen LogP contribution in [0.2, 0.25) is 0 Å².